The molecule has 44 valence electrons. The van der Waals surface area contributed by atoms with Crippen LogP contribution in [-0.2, 0) is 4.79 Å². The van der Waals surface area contributed by atoms with Gasteiger partial charge in [-0.3, -0.25) is 11.7 Å². The molecular formula is C3H9N2Na2O2+. The van der Waals surface area contributed by atoms with E-state index in [9.17, 15) is 9.90 Å². The topological polar surface area (TPSA) is 92.2 Å². The van der Waals surface area contributed by atoms with E-state index in [0.29, 0.717) is 0 Å². The molecule has 0 aliphatic rings. The maximum Gasteiger partial charge on any atom is 1.00 e. The molecule has 0 aromatic carbocycles. The minimum atomic E-state index is -0.995. The number of carboxylic acids is 1. The van der Waals surface area contributed by atoms with Gasteiger partial charge in [0.2, 0.25) is 0 Å². The minimum absolute atomic E-state index is 0. The zero-order valence-corrected chi connectivity index (χ0v) is 10.2. The van der Waals surface area contributed by atoms with E-state index in [4.69, 9.17) is 0 Å². The van der Waals surface area contributed by atoms with Gasteiger partial charge in [0, 0.05) is 5.97 Å². The summed E-state index contributed by atoms with van der Waals surface area (Å²) in [4.78, 5) is 9.26. The van der Waals surface area contributed by atoms with Gasteiger partial charge in [-0.1, -0.05) is 6.92 Å². The first kappa shape index (κ1) is 22.4. The second-order valence-electron chi connectivity index (χ2n) is 0.726. The van der Waals surface area contributed by atoms with Crippen molar-refractivity contribution in [3.05, 3.63) is 0 Å². The van der Waals surface area contributed by atoms with Crippen molar-refractivity contribution in [2.45, 2.75) is 13.3 Å². The van der Waals surface area contributed by atoms with Gasteiger partial charge in [-0.05, 0) is 6.42 Å². The molecule has 0 bridgehead atoms. The first-order valence-corrected chi connectivity index (χ1v) is 1.80. The van der Waals surface area contributed by atoms with Crippen molar-refractivity contribution in [2.75, 3.05) is 0 Å². The molecule has 6 heteroatoms. The van der Waals surface area contributed by atoms with Gasteiger partial charge < -0.3 is 9.90 Å². The Labute approximate surface area is 98.9 Å². The SMILES string of the molecule is CCC(=O)[O-].NN.[Na+].[Na+]. The van der Waals surface area contributed by atoms with Gasteiger partial charge >= 0.3 is 59.1 Å². The zero-order valence-electron chi connectivity index (χ0n) is 6.18. The number of carboxylic acid groups (broad SMARTS) is 1. The molecule has 9 heavy (non-hydrogen) atoms. The van der Waals surface area contributed by atoms with Crippen LogP contribution in [0.15, 0.2) is 0 Å². The molecule has 0 aromatic rings. The van der Waals surface area contributed by atoms with Crippen LogP contribution in [0.25, 0.3) is 0 Å². The van der Waals surface area contributed by atoms with E-state index in [1.807, 2.05) is 0 Å². The van der Waals surface area contributed by atoms with Crippen LogP contribution in [0, 0.1) is 0 Å². The van der Waals surface area contributed by atoms with Gasteiger partial charge in [-0.15, -0.1) is 0 Å². The number of aliphatic carboxylic acids is 1. The molecule has 0 heterocycles. The Morgan fingerprint density at radius 3 is 1.56 bits per heavy atom. The molecule has 0 fully saturated rings. The fourth-order valence-corrected chi connectivity index (χ4v) is 0. The molecule has 0 amide bonds. The van der Waals surface area contributed by atoms with Crippen LogP contribution < -0.4 is 75.9 Å². The van der Waals surface area contributed by atoms with E-state index in [-0.39, 0.29) is 65.5 Å². The van der Waals surface area contributed by atoms with Crippen LogP contribution in [0.5, 0.6) is 0 Å². The third-order valence-corrected chi connectivity index (χ3v) is 0.289. The van der Waals surface area contributed by atoms with Crippen molar-refractivity contribution in [1.29, 1.82) is 0 Å². The quantitative estimate of drug-likeness (QED) is 0.221. The second-order valence-corrected chi connectivity index (χ2v) is 0.726. The normalized spacial score (nSPS) is 4.78. The van der Waals surface area contributed by atoms with Crippen LogP contribution in [-0.4, -0.2) is 5.97 Å². The van der Waals surface area contributed by atoms with E-state index in [1.54, 1.807) is 0 Å². The number of hydrazine groups is 1. The third-order valence-electron chi connectivity index (χ3n) is 0.289. The Hall–Kier alpha value is 1.39. The zero-order chi connectivity index (χ0) is 6.28. The second kappa shape index (κ2) is 22.8. The molecule has 0 atom stereocenters. The van der Waals surface area contributed by atoms with Gasteiger partial charge in [-0.25, -0.2) is 0 Å². The molecule has 0 spiro atoms. The predicted octanol–water partition coefficient (Wildman–Crippen LogP) is -8.03. The Bertz CT molecular complexity index is 53.1. The molecule has 0 radical (unpaired) electrons. The summed E-state index contributed by atoms with van der Waals surface area (Å²) in [5.41, 5.74) is 0. The first-order chi connectivity index (χ1) is 3.27. The average molecular weight is 151 g/mol. The predicted molar refractivity (Wildman–Crippen MR) is 23.7 cm³/mol. The van der Waals surface area contributed by atoms with Crippen LogP contribution in [0.2, 0.25) is 0 Å². The summed E-state index contributed by atoms with van der Waals surface area (Å²) in [6.45, 7) is 1.54. The Balaban J connectivity index is -0.0000000286. The number of carbonyl (C=O) groups is 1. The molecule has 0 aromatic heterocycles. The van der Waals surface area contributed by atoms with Gasteiger partial charge in [0.15, 0.2) is 0 Å². The van der Waals surface area contributed by atoms with Crippen molar-refractivity contribution < 1.29 is 69.0 Å². The van der Waals surface area contributed by atoms with Crippen LogP contribution in [0.4, 0.5) is 0 Å². The average Bonchev–Trinajstić information content (AvgIpc) is 1.73. The van der Waals surface area contributed by atoms with E-state index < -0.39 is 5.97 Å². The summed E-state index contributed by atoms with van der Waals surface area (Å²) < 4.78 is 0. The summed E-state index contributed by atoms with van der Waals surface area (Å²) in [6.07, 6.45) is 0.111. The smallest absolute Gasteiger partial charge is 0.550 e. The molecule has 0 saturated heterocycles. The standard InChI is InChI=1S/C3H6O2.H4N2.2Na/c1-2-3(4)5;1-2;;/h2H2,1H3,(H,4,5);1-2H2;;/q;;2*+1/p-1. The van der Waals surface area contributed by atoms with Gasteiger partial charge in [-0.2, -0.15) is 0 Å². The fourth-order valence-electron chi connectivity index (χ4n) is 0. The van der Waals surface area contributed by atoms with E-state index >= 15 is 0 Å². The van der Waals surface area contributed by atoms with Crippen LogP contribution in [0.3, 0.4) is 0 Å². The Morgan fingerprint density at radius 2 is 1.56 bits per heavy atom. The number of rotatable bonds is 1. The molecule has 4 nitrogen and oxygen atoms in total. The third kappa shape index (κ3) is 44.6. The van der Waals surface area contributed by atoms with Gasteiger partial charge in [0.05, 0.1) is 0 Å². The maximum absolute atomic E-state index is 9.26. The van der Waals surface area contributed by atoms with Crippen molar-refractivity contribution in [2.24, 2.45) is 11.7 Å². The summed E-state index contributed by atoms with van der Waals surface area (Å²) in [6, 6.07) is 0. The van der Waals surface area contributed by atoms with E-state index in [2.05, 4.69) is 11.7 Å². The molecule has 0 unspecified atom stereocenters. The number of hydrogen-bond donors (Lipinski definition) is 2. The van der Waals surface area contributed by atoms with E-state index in [1.165, 1.54) is 6.92 Å². The molecular weight excluding hydrogens is 142 g/mol. The number of nitrogens with two attached hydrogens (primary N) is 2. The van der Waals surface area contributed by atoms with Crippen LogP contribution >= 0.6 is 0 Å². The molecule has 4 N–H and O–H groups in total. The summed E-state index contributed by atoms with van der Waals surface area (Å²) in [5.74, 6) is 7.00. The van der Waals surface area contributed by atoms with E-state index in [0.717, 1.165) is 0 Å². The van der Waals surface area contributed by atoms with Crippen molar-refractivity contribution in [3.63, 3.8) is 0 Å². The Kier molecular flexibility index (Phi) is 56.7. The molecule has 0 aliphatic carbocycles. The number of carbonyl (C=O) groups excluding carboxylic acids is 1. The fraction of sp³-hybridized carbons (Fsp3) is 0.667. The summed E-state index contributed by atoms with van der Waals surface area (Å²) in [5, 5.41) is 9.26. The van der Waals surface area contributed by atoms with Gasteiger partial charge in [0.1, 0.15) is 0 Å². The molecule has 0 rings (SSSR count). The summed E-state index contributed by atoms with van der Waals surface area (Å²) in [7, 11) is 0. The Morgan fingerprint density at radius 1 is 1.44 bits per heavy atom. The summed E-state index contributed by atoms with van der Waals surface area (Å²) >= 11 is 0. The molecule has 0 saturated carbocycles. The van der Waals surface area contributed by atoms with Crippen molar-refractivity contribution in [1.82, 2.24) is 0 Å². The minimum Gasteiger partial charge on any atom is -0.550 e. The number of hydrogen-bond acceptors (Lipinski definition) is 4. The monoisotopic (exact) mass is 151 g/mol. The molecule has 0 aliphatic heterocycles. The van der Waals surface area contributed by atoms with Crippen molar-refractivity contribution >= 4 is 5.97 Å². The van der Waals surface area contributed by atoms with Gasteiger partial charge in [0.25, 0.3) is 0 Å². The largest absolute Gasteiger partial charge is 1.00 e. The van der Waals surface area contributed by atoms with Crippen molar-refractivity contribution in [3.8, 4) is 0 Å². The van der Waals surface area contributed by atoms with Crippen LogP contribution in [0.1, 0.15) is 13.3 Å². The maximum atomic E-state index is 9.26. The first-order valence-electron chi connectivity index (χ1n) is 1.80.